The molecule has 0 fully saturated rings. The zero-order valence-corrected chi connectivity index (χ0v) is 15.8. The van der Waals surface area contributed by atoms with Gasteiger partial charge in [0.05, 0.1) is 0 Å². The van der Waals surface area contributed by atoms with Crippen LogP contribution >= 0.6 is 0 Å². The molecule has 0 aromatic rings. The topological polar surface area (TPSA) is 26.3 Å². The Labute approximate surface area is 142 Å². The Morgan fingerprint density at radius 3 is 2.48 bits per heavy atom. The predicted molar refractivity (Wildman–Crippen MR) is 98.2 cm³/mol. The first kappa shape index (κ1) is 19.7. The van der Waals surface area contributed by atoms with Crippen molar-refractivity contribution in [1.82, 2.24) is 0 Å². The van der Waals surface area contributed by atoms with Crippen molar-refractivity contribution >= 4 is 5.97 Å². The van der Waals surface area contributed by atoms with Crippen molar-refractivity contribution < 1.29 is 9.53 Å². The number of cyclic esters (lactones) is 1. The molecule has 2 nitrogen and oxygen atoms in total. The summed E-state index contributed by atoms with van der Waals surface area (Å²) >= 11 is 0. The summed E-state index contributed by atoms with van der Waals surface area (Å²) in [6.45, 7) is 12.7. The summed E-state index contributed by atoms with van der Waals surface area (Å²) in [4.78, 5) is 12.1. The number of carbonyl (C=O) groups is 1. The number of hydrogen-bond donors (Lipinski definition) is 0. The van der Waals surface area contributed by atoms with Crippen molar-refractivity contribution in [3.8, 4) is 0 Å². The average Bonchev–Trinajstić information content (AvgIpc) is 2.43. The minimum absolute atomic E-state index is 0.0976. The molecule has 0 saturated heterocycles. The third-order valence-corrected chi connectivity index (χ3v) is 4.73. The molecule has 130 valence electrons. The van der Waals surface area contributed by atoms with Gasteiger partial charge < -0.3 is 4.74 Å². The molecular formula is C21H34O2. The molecule has 0 spiro atoms. The number of esters is 1. The lowest BCUT2D eigenvalue weighted by atomic mass is 9.91. The summed E-state index contributed by atoms with van der Waals surface area (Å²) in [5, 5.41) is 0. The molecule has 1 rings (SSSR count). The summed E-state index contributed by atoms with van der Waals surface area (Å²) in [6, 6.07) is 0. The number of ether oxygens (including phenoxy) is 1. The molecule has 0 radical (unpaired) electrons. The van der Waals surface area contributed by atoms with Gasteiger partial charge >= 0.3 is 5.97 Å². The quantitative estimate of drug-likeness (QED) is 0.405. The second-order valence-electron chi connectivity index (χ2n) is 7.61. The molecule has 1 heterocycles. The highest BCUT2D eigenvalue weighted by molar-refractivity contribution is 5.70. The van der Waals surface area contributed by atoms with Crippen LogP contribution in [0.15, 0.2) is 35.5 Å². The smallest absolute Gasteiger partial charge is 0.306 e. The molecule has 0 aromatic carbocycles. The van der Waals surface area contributed by atoms with Crippen molar-refractivity contribution in [1.29, 1.82) is 0 Å². The fourth-order valence-electron chi connectivity index (χ4n) is 2.75. The highest BCUT2D eigenvalue weighted by Gasteiger charge is 2.28. The van der Waals surface area contributed by atoms with Crippen molar-refractivity contribution in [2.75, 3.05) is 0 Å². The molecule has 0 aromatic heterocycles. The van der Waals surface area contributed by atoms with Crippen LogP contribution in [-0.4, -0.2) is 11.6 Å². The van der Waals surface area contributed by atoms with E-state index in [1.54, 1.807) is 0 Å². The van der Waals surface area contributed by atoms with Gasteiger partial charge in [-0.05, 0) is 59.3 Å². The van der Waals surface area contributed by atoms with Crippen LogP contribution in [0.4, 0.5) is 0 Å². The number of carbonyl (C=O) groups excluding carboxylic acids is 1. The van der Waals surface area contributed by atoms with E-state index in [1.165, 1.54) is 11.1 Å². The molecule has 0 unspecified atom stereocenters. The van der Waals surface area contributed by atoms with Crippen LogP contribution in [0.25, 0.3) is 0 Å². The van der Waals surface area contributed by atoms with Gasteiger partial charge in [-0.3, -0.25) is 4.79 Å². The van der Waals surface area contributed by atoms with E-state index in [9.17, 15) is 4.79 Å². The van der Waals surface area contributed by atoms with Crippen LogP contribution in [0.3, 0.4) is 0 Å². The fraction of sp³-hybridized carbons (Fsp3) is 0.667. The molecule has 1 aliphatic rings. The average molecular weight is 319 g/mol. The first-order chi connectivity index (χ1) is 10.7. The van der Waals surface area contributed by atoms with Gasteiger partial charge in [0, 0.05) is 12.3 Å². The minimum Gasteiger partial charge on any atom is -0.459 e. The standard InChI is InChI=1S/C21H34O2/c1-16-9-7-10-17(2)15-18(3)11-8-12-19(4)21(5,6)23-20(22)14-13-16/h8-9,12,15,18-19H,7,10-11,13-14H2,1-6H3/b12-8+,16-9+,17-15+/t18-,19+/m1/s1. The zero-order chi connectivity index (χ0) is 17.5. The summed E-state index contributed by atoms with van der Waals surface area (Å²) in [6.07, 6.45) is 13.5. The maximum absolute atomic E-state index is 12.1. The van der Waals surface area contributed by atoms with Gasteiger partial charge in [0.25, 0.3) is 0 Å². The van der Waals surface area contributed by atoms with Crippen molar-refractivity contribution in [2.24, 2.45) is 11.8 Å². The Morgan fingerprint density at radius 2 is 1.78 bits per heavy atom. The van der Waals surface area contributed by atoms with E-state index in [0.717, 1.165) is 25.7 Å². The molecule has 2 heteroatoms. The van der Waals surface area contributed by atoms with E-state index in [2.05, 4.69) is 52.0 Å². The normalized spacial score (nSPS) is 33.7. The third-order valence-electron chi connectivity index (χ3n) is 4.73. The second-order valence-corrected chi connectivity index (χ2v) is 7.61. The molecular weight excluding hydrogens is 284 g/mol. The first-order valence-corrected chi connectivity index (χ1v) is 8.92. The monoisotopic (exact) mass is 318 g/mol. The molecule has 0 bridgehead atoms. The molecule has 0 saturated carbocycles. The Balaban J connectivity index is 2.89. The van der Waals surface area contributed by atoms with Crippen molar-refractivity contribution in [3.63, 3.8) is 0 Å². The first-order valence-electron chi connectivity index (χ1n) is 8.92. The lowest BCUT2D eigenvalue weighted by Gasteiger charge is -2.30. The Bertz CT molecular complexity index is 480. The van der Waals surface area contributed by atoms with Crippen LogP contribution < -0.4 is 0 Å². The second kappa shape index (κ2) is 9.10. The largest absolute Gasteiger partial charge is 0.459 e. The number of hydrogen-bond acceptors (Lipinski definition) is 2. The summed E-state index contributed by atoms with van der Waals surface area (Å²) < 4.78 is 5.71. The Hall–Kier alpha value is -1.31. The van der Waals surface area contributed by atoms with Crippen LogP contribution in [0.5, 0.6) is 0 Å². The highest BCUT2D eigenvalue weighted by atomic mass is 16.6. The minimum atomic E-state index is -0.461. The fourth-order valence-corrected chi connectivity index (χ4v) is 2.75. The molecule has 0 aliphatic carbocycles. The van der Waals surface area contributed by atoms with E-state index in [4.69, 9.17) is 4.74 Å². The summed E-state index contributed by atoms with van der Waals surface area (Å²) in [7, 11) is 0. The van der Waals surface area contributed by atoms with Gasteiger partial charge in [-0.2, -0.15) is 0 Å². The van der Waals surface area contributed by atoms with Crippen LogP contribution in [0, 0.1) is 11.8 Å². The molecule has 23 heavy (non-hydrogen) atoms. The third kappa shape index (κ3) is 7.67. The van der Waals surface area contributed by atoms with Gasteiger partial charge in [-0.25, -0.2) is 0 Å². The lowest BCUT2D eigenvalue weighted by molar-refractivity contribution is -0.159. The van der Waals surface area contributed by atoms with E-state index < -0.39 is 5.60 Å². The van der Waals surface area contributed by atoms with Gasteiger partial charge in [0.2, 0.25) is 0 Å². The SMILES string of the molecule is C/C1=C\[C@H](C)C/C=C/[C@H](C)C(C)(C)OC(=O)CC/C(C)=C/CC1. The lowest BCUT2D eigenvalue weighted by Crippen LogP contribution is -2.34. The maximum atomic E-state index is 12.1. The molecule has 0 N–H and O–H groups in total. The number of allylic oxidation sites excluding steroid dienone is 5. The predicted octanol–water partition coefficient (Wildman–Crippen LogP) is 5.99. The van der Waals surface area contributed by atoms with Crippen molar-refractivity contribution in [3.05, 3.63) is 35.5 Å². The Morgan fingerprint density at radius 1 is 1.09 bits per heavy atom. The van der Waals surface area contributed by atoms with Gasteiger partial charge in [-0.1, -0.05) is 49.3 Å². The highest BCUT2D eigenvalue weighted by Crippen LogP contribution is 2.25. The van der Waals surface area contributed by atoms with E-state index >= 15 is 0 Å². The van der Waals surface area contributed by atoms with Crippen LogP contribution in [0.2, 0.25) is 0 Å². The van der Waals surface area contributed by atoms with E-state index in [-0.39, 0.29) is 11.9 Å². The van der Waals surface area contributed by atoms with Gasteiger partial charge in [-0.15, -0.1) is 0 Å². The molecule has 0 amide bonds. The van der Waals surface area contributed by atoms with Crippen LogP contribution in [-0.2, 0) is 9.53 Å². The van der Waals surface area contributed by atoms with E-state index in [0.29, 0.717) is 12.3 Å². The van der Waals surface area contributed by atoms with Gasteiger partial charge in [0.1, 0.15) is 5.60 Å². The number of rotatable bonds is 0. The Kier molecular flexibility index (Phi) is 7.81. The maximum Gasteiger partial charge on any atom is 0.306 e. The molecule has 1 aliphatic heterocycles. The van der Waals surface area contributed by atoms with Gasteiger partial charge in [0.15, 0.2) is 0 Å². The summed E-state index contributed by atoms with van der Waals surface area (Å²) in [5.74, 6) is 0.648. The molecule has 2 atom stereocenters. The van der Waals surface area contributed by atoms with Crippen LogP contribution in [0.1, 0.15) is 73.6 Å². The summed E-state index contributed by atoms with van der Waals surface area (Å²) in [5.41, 5.74) is 2.27. The van der Waals surface area contributed by atoms with E-state index in [1.807, 2.05) is 13.8 Å². The zero-order valence-electron chi connectivity index (χ0n) is 15.8. The van der Waals surface area contributed by atoms with Crippen molar-refractivity contribution in [2.45, 2.75) is 79.2 Å².